The van der Waals surface area contributed by atoms with E-state index in [1.54, 1.807) is 0 Å². The summed E-state index contributed by atoms with van der Waals surface area (Å²) in [6.45, 7) is 5.07. The molecule has 3 nitrogen and oxygen atoms in total. The molecule has 1 aromatic rings. The van der Waals surface area contributed by atoms with Gasteiger partial charge in [0.1, 0.15) is 0 Å². The van der Waals surface area contributed by atoms with E-state index in [0.29, 0.717) is 0 Å². The Morgan fingerprint density at radius 1 is 1.24 bits per heavy atom. The molecule has 3 N–H and O–H groups in total. The highest BCUT2D eigenvalue weighted by Gasteiger charge is 2.39. The van der Waals surface area contributed by atoms with E-state index in [-0.39, 0.29) is 5.54 Å². The topological polar surface area (TPSA) is 41.3 Å². The fraction of sp³-hybridized carbons (Fsp3) is 0.571. The molecule has 1 saturated heterocycles. The second-order valence-electron chi connectivity index (χ2n) is 5.33. The molecule has 2 heterocycles. The standard InChI is InChI=1S/C14H21N3/c15-10-14(6-3-7-16-11-14)17-8-12-4-1-2-5-13(12)9-17/h1-2,4-5,16H,3,6-11,15H2. The van der Waals surface area contributed by atoms with Crippen LogP contribution in [-0.4, -0.2) is 30.1 Å². The minimum Gasteiger partial charge on any atom is -0.329 e. The third kappa shape index (κ3) is 1.88. The van der Waals surface area contributed by atoms with Gasteiger partial charge in [-0.15, -0.1) is 0 Å². The predicted molar refractivity (Wildman–Crippen MR) is 69.6 cm³/mol. The lowest BCUT2D eigenvalue weighted by Crippen LogP contribution is -2.60. The van der Waals surface area contributed by atoms with E-state index in [0.717, 1.165) is 32.7 Å². The maximum Gasteiger partial charge on any atom is 0.0463 e. The third-order valence-electron chi connectivity index (χ3n) is 4.34. The molecule has 1 fully saturated rings. The first kappa shape index (κ1) is 11.2. The molecular formula is C14H21N3. The third-order valence-corrected chi connectivity index (χ3v) is 4.34. The van der Waals surface area contributed by atoms with Gasteiger partial charge in [-0.2, -0.15) is 0 Å². The van der Waals surface area contributed by atoms with Crippen LogP contribution in [0, 0.1) is 0 Å². The molecule has 0 aliphatic carbocycles. The summed E-state index contributed by atoms with van der Waals surface area (Å²) in [6, 6.07) is 8.76. The number of nitrogens with two attached hydrogens (primary N) is 1. The molecule has 1 atom stereocenters. The summed E-state index contributed by atoms with van der Waals surface area (Å²) in [5.41, 5.74) is 9.20. The molecule has 0 amide bonds. The average Bonchev–Trinajstić information content (AvgIpc) is 2.84. The molecule has 0 spiro atoms. The van der Waals surface area contributed by atoms with Crippen molar-refractivity contribution in [3.63, 3.8) is 0 Å². The Hall–Kier alpha value is -0.900. The van der Waals surface area contributed by atoms with E-state index in [9.17, 15) is 0 Å². The predicted octanol–water partition coefficient (Wildman–Crippen LogP) is 1.08. The highest BCUT2D eigenvalue weighted by molar-refractivity contribution is 5.31. The van der Waals surface area contributed by atoms with E-state index < -0.39 is 0 Å². The Morgan fingerprint density at radius 3 is 2.47 bits per heavy atom. The summed E-state index contributed by atoms with van der Waals surface area (Å²) in [5, 5.41) is 3.51. The van der Waals surface area contributed by atoms with Gasteiger partial charge in [-0.1, -0.05) is 24.3 Å². The van der Waals surface area contributed by atoms with Gasteiger partial charge in [-0.25, -0.2) is 0 Å². The zero-order chi connectivity index (χ0) is 11.7. The van der Waals surface area contributed by atoms with Crippen LogP contribution in [0.25, 0.3) is 0 Å². The van der Waals surface area contributed by atoms with Crippen LogP contribution in [-0.2, 0) is 13.1 Å². The minimum absolute atomic E-state index is 0.178. The van der Waals surface area contributed by atoms with Crippen molar-refractivity contribution in [2.75, 3.05) is 19.6 Å². The summed E-state index contributed by atoms with van der Waals surface area (Å²) < 4.78 is 0. The molecule has 0 radical (unpaired) electrons. The summed E-state index contributed by atoms with van der Waals surface area (Å²) in [7, 11) is 0. The molecule has 1 aromatic carbocycles. The van der Waals surface area contributed by atoms with E-state index >= 15 is 0 Å². The Morgan fingerprint density at radius 2 is 1.94 bits per heavy atom. The molecule has 1 unspecified atom stereocenters. The number of piperidine rings is 1. The molecule has 17 heavy (non-hydrogen) atoms. The summed E-state index contributed by atoms with van der Waals surface area (Å²) >= 11 is 0. The van der Waals surface area contributed by atoms with Gasteiger partial charge in [0.25, 0.3) is 0 Å². The molecule has 2 aliphatic rings. The van der Waals surface area contributed by atoms with Crippen molar-refractivity contribution in [3.05, 3.63) is 35.4 Å². The van der Waals surface area contributed by atoms with Crippen molar-refractivity contribution < 1.29 is 0 Å². The largest absolute Gasteiger partial charge is 0.329 e. The van der Waals surface area contributed by atoms with Gasteiger partial charge in [-0.3, -0.25) is 4.90 Å². The minimum atomic E-state index is 0.178. The lowest BCUT2D eigenvalue weighted by Gasteiger charge is -2.44. The first-order valence-corrected chi connectivity index (χ1v) is 6.57. The summed E-state index contributed by atoms with van der Waals surface area (Å²) in [5.74, 6) is 0. The maximum absolute atomic E-state index is 6.07. The number of hydrogen-bond acceptors (Lipinski definition) is 3. The fourth-order valence-corrected chi connectivity index (χ4v) is 3.19. The molecule has 2 aliphatic heterocycles. The van der Waals surface area contributed by atoms with Crippen molar-refractivity contribution in [3.8, 4) is 0 Å². The SMILES string of the molecule is NCC1(N2Cc3ccccc3C2)CCCNC1. The normalized spacial score (nSPS) is 29.2. The number of rotatable bonds is 2. The van der Waals surface area contributed by atoms with Gasteiger partial charge in [0.05, 0.1) is 0 Å². The molecule has 3 rings (SSSR count). The lowest BCUT2D eigenvalue weighted by atomic mass is 9.88. The molecule has 0 bridgehead atoms. The lowest BCUT2D eigenvalue weighted by molar-refractivity contribution is 0.0654. The summed E-state index contributed by atoms with van der Waals surface area (Å²) in [6.07, 6.45) is 2.47. The van der Waals surface area contributed by atoms with Crippen LogP contribution in [0.3, 0.4) is 0 Å². The Balaban J connectivity index is 1.82. The number of fused-ring (bicyclic) bond motifs is 1. The smallest absolute Gasteiger partial charge is 0.0463 e. The van der Waals surface area contributed by atoms with Crippen LogP contribution >= 0.6 is 0 Å². The fourth-order valence-electron chi connectivity index (χ4n) is 3.19. The van der Waals surface area contributed by atoms with Gasteiger partial charge >= 0.3 is 0 Å². The Labute approximate surface area is 103 Å². The van der Waals surface area contributed by atoms with Crippen molar-refractivity contribution in [2.45, 2.75) is 31.5 Å². The van der Waals surface area contributed by atoms with Crippen LogP contribution < -0.4 is 11.1 Å². The van der Waals surface area contributed by atoms with Gasteiger partial charge in [0, 0.05) is 31.7 Å². The van der Waals surface area contributed by atoms with E-state index in [4.69, 9.17) is 5.73 Å². The molecular weight excluding hydrogens is 210 g/mol. The molecule has 0 saturated carbocycles. The maximum atomic E-state index is 6.07. The highest BCUT2D eigenvalue weighted by atomic mass is 15.2. The Bertz CT molecular complexity index is 371. The first-order valence-electron chi connectivity index (χ1n) is 6.57. The number of nitrogens with one attached hydrogen (secondary N) is 1. The highest BCUT2D eigenvalue weighted by Crippen LogP contribution is 2.32. The van der Waals surface area contributed by atoms with Gasteiger partial charge in [0.2, 0.25) is 0 Å². The van der Waals surface area contributed by atoms with Gasteiger partial charge in [-0.05, 0) is 30.5 Å². The average molecular weight is 231 g/mol. The van der Waals surface area contributed by atoms with Crippen LogP contribution in [0.5, 0.6) is 0 Å². The molecule has 0 aromatic heterocycles. The van der Waals surface area contributed by atoms with Gasteiger partial charge < -0.3 is 11.1 Å². The van der Waals surface area contributed by atoms with E-state index in [2.05, 4.69) is 34.5 Å². The van der Waals surface area contributed by atoms with E-state index in [1.807, 2.05) is 0 Å². The quantitative estimate of drug-likeness (QED) is 0.800. The number of nitrogens with zero attached hydrogens (tertiary/aromatic N) is 1. The van der Waals surface area contributed by atoms with Crippen molar-refractivity contribution in [2.24, 2.45) is 5.73 Å². The molecule has 3 heteroatoms. The number of hydrogen-bond donors (Lipinski definition) is 2. The van der Waals surface area contributed by atoms with Crippen molar-refractivity contribution >= 4 is 0 Å². The van der Waals surface area contributed by atoms with E-state index in [1.165, 1.54) is 24.0 Å². The number of benzene rings is 1. The zero-order valence-electron chi connectivity index (χ0n) is 10.3. The van der Waals surface area contributed by atoms with Crippen LogP contribution in [0.4, 0.5) is 0 Å². The van der Waals surface area contributed by atoms with Crippen LogP contribution in [0.15, 0.2) is 24.3 Å². The van der Waals surface area contributed by atoms with Gasteiger partial charge in [0.15, 0.2) is 0 Å². The zero-order valence-corrected chi connectivity index (χ0v) is 10.3. The summed E-state index contributed by atoms with van der Waals surface area (Å²) in [4.78, 5) is 2.57. The Kier molecular flexibility index (Phi) is 2.90. The van der Waals surface area contributed by atoms with Crippen LogP contribution in [0.2, 0.25) is 0 Å². The first-order chi connectivity index (χ1) is 8.34. The molecule has 92 valence electrons. The van der Waals surface area contributed by atoms with Crippen LogP contribution in [0.1, 0.15) is 24.0 Å². The van der Waals surface area contributed by atoms with Crippen molar-refractivity contribution in [1.29, 1.82) is 0 Å². The second kappa shape index (κ2) is 4.41. The van der Waals surface area contributed by atoms with Crippen molar-refractivity contribution in [1.82, 2.24) is 10.2 Å². The second-order valence-corrected chi connectivity index (χ2v) is 5.33. The monoisotopic (exact) mass is 231 g/mol.